The van der Waals surface area contributed by atoms with Crippen LogP contribution in [0.4, 0.5) is 18.9 Å². The van der Waals surface area contributed by atoms with Gasteiger partial charge in [0.2, 0.25) is 11.7 Å². The summed E-state index contributed by atoms with van der Waals surface area (Å²) in [4.78, 5) is 8.18. The molecule has 222 valence electrons. The maximum Gasteiger partial charge on any atom is 0.261 e. The van der Waals surface area contributed by atoms with Gasteiger partial charge in [0.25, 0.3) is 10.0 Å². The maximum atomic E-state index is 13.5. The number of nitrogens with zero attached hydrogens (tertiary/aromatic N) is 3. The van der Waals surface area contributed by atoms with Crippen LogP contribution in [-0.4, -0.2) is 41.7 Å². The number of aromatic nitrogens is 3. The summed E-state index contributed by atoms with van der Waals surface area (Å²) in [5, 5.41) is 17.2. The second-order valence-electron chi connectivity index (χ2n) is 9.65. The van der Waals surface area contributed by atoms with Crippen molar-refractivity contribution < 1.29 is 31.2 Å². The molecule has 2 heterocycles. The van der Waals surface area contributed by atoms with Crippen molar-refractivity contribution in [1.82, 2.24) is 20.4 Å². The Balaban J connectivity index is 1.14. The topological polar surface area (TPSA) is 130 Å². The number of hydrogen-bond acceptors (Lipinski definition) is 8. The van der Waals surface area contributed by atoms with Crippen LogP contribution >= 0.6 is 0 Å². The highest BCUT2D eigenvalue weighted by molar-refractivity contribution is 7.92. The van der Waals surface area contributed by atoms with Crippen LogP contribution in [0.5, 0.6) is 0 Å². The number of sulfonamides is 1. The zero-order chi connectivity index (χ0) is 30.4. The molecule has 0 bridgehead atoms. The van der Waals surface area contributed by atoms with Gasteiger partial charge in [-0.05, 0) is 78.7 Å². The fourth-order valence-electron chi connectivity index (χ4n) is 4.23. The highest BCUT2D eigenvalue weighted by atomic mass is 32.2. The minimum absolute atomic E-state index is 0.0117. The fraction of sp³-hybridized carbons (Fsp3) is 0.167. The highest BCUT2D eigenvalue weighted by Gasteiger charge is 2.17. The van der Waals surface area contributed by atoms with E-state index in [-0.39, 0.29) is 28.6 Å². The Kier molecular flexibility index (Phi) is 9.14. The van der Waals surface area contributed by atoms with Crippen molar-refractivity contribution in [3.8, 4) is 11.4 Å². The van der Waals surface area contributed by atoms with Gasteiger partial charge in [0, 0.05) is 35.8 Å². The molecule has 1 atom stereocenters. The second kappa shape index (κ2) is 13.2. The average Bonchev–Trinajstić information content (AvgIpc) is 3.47. The number of aliphatic hydroxyl groups excluding tert-OH is 1. The van der Waals surface area contributed by atoms with E-state index in [0.29, 0.717) is 30.8 Å². The van der Waals surface area contributed by atoms with E-state index < -0.39 is 33.6 Å². The van der Waals surface area contributed by atoms with Crippen molar-refractivity contribution in [1.29, 1.82) is 0 Å². The average molecular weight is 610 g/mol. The summed E-state index contributed by atoms with van der Waals surface area (Å²) in [5.74, 6) is -4.01. The Morgan fingerprint density at radius 3 is 2.33 bits per heavy atom. The van der Waals surface area contributed by atoms with E-state index in [1.165, 1.54) is 24.3 Å². The van der Waals surface area contributed by atoms with E-state index in [1.807, 2.05) is 18.2 Å². The molecule has 0 fully saturated rings. The van der Waals surface area contributed by atoms with Crippen LogP contribution in [0.2, 0.25) is 0 Å². The number of rotatable bonds is 12. The van der Waals surface area contributed by atoms with Crippen LogP contribution in [0.15, 0.2) is 94.6 Å². The van der Waals surface area contributed by atoms with E-state index in [1.54, 1.807) is 30.6 Å². The summed E-state index contributed by atoms with van der Waals surface area (Å²) in [6, 6.07) is 18.0. The van der Waals surface area contributed by atoms with Gasteiger partial charge in [0.15, 0.2) is 17.5 Å². The van der Waals surface area contributed by atoms with Crippen LogP contribution in [0.1, 0.15) is 28.7 Å². The summed E-state index contributed by atoms with van der Waals surface area (Å²) in [6.07, 6.45) is 3.18. The molecule has 5 rings (SSSR count). The number of halogens is 3. The van der Waals surface area contributed by atoms with Gasteiger partial charge in [0.1, 0.15) is 0 Å². The summed E-state index contributed by atoms with van der Waals surface area (Å²) in [6.45, 7) is 1.01. The van der Waals surface area contributed by atoms with Crippen LogP contribution in [0.3, 0.4) is 0 Å². The zero-order valence-corrected chi connectivity index (χ0v) is 23.4. The van der Waals surface area contributed by atoms with Crippen molar-refractivity contribution >= 4 is 15.7 Å². The zero-order valence-electron chi connectivity index (χ0n) is 22.5. The normalized spacial score (nSPS) is 12.3. The molecule has 0 saturated heterocycles. The van der Waals surface area contributed by atoms with E-state index in [0.717, 1.165) is 23.3 Å². The van der Waals surface area contributed by atoms with Gasteiger partial charge in [-0.3, -0.25) is 9.71 Å². The Morgan fingerprint density at radius 2 is 1.65 bits per heavy atom. The first kappa shape index (κ1) is 29.9. The molecule has 9 nitrogen and oxygen atoms in total. The standard InChI is InChI=1S/C30H26F3N5O4S/c31-25-14-20(15-26(32)29(25)33)16-28-36-30(37-42-28)21-5-9-24(10-6-21)43(40,41)38-23-7-3-19(4-8-23)11-13-35-18-27(39)22-2-1-12-34-17-22/h1-10,12,14-15,17,27,35,38-39H,11,13,16,18H2/t27-/m0/s1. The first-order chi connectivity index (χ1) is 20.7. The van der Waals surface area contributed by atoms with Gasteiger partial charge >= 0.3 is 0 Å². The Hall–Kier alpha value is -4.59. The largest absolute Gasteiger partial charge is 0.387 e. The minimum atomic E-state index is -3.89. The molecule has 5 aromatic rings. The lowest BCUT2D eigenvalue weighted by atomic mass is 10.1. The predicted octanol–water partition coefficient (Wildman–Crippen LogP) is 4.81. The lowest BCUT2D eigenvalue weighted by Gasteiger charge is -2.12. The fourth-order valence-corrected chi connectivity index (χ4v) is 5.29. The minimum Gasteiger partial charge on any atom is -0.387 e. The molecule has 0 saturated carbocycles. The molecule has 3 N–H and O–H groups in total. The third-order valence-electron chi connectivity index (χ3n) is 6.49. The summed E-state index contributed by atoms with van der Waals surface area (Å²) >= 11 is 0. The quantitative estimate of drug-likeness (QED) is 0.136. The number of benzene rings is 3. The molecule has 0 aliphatic rings. The SMILES string of the molecule is O=S(=O)(Nc1ccc(CCNC[C@H](O)c2cccnc2)cc1)c1ccc(-c2noc(Cc3cc(F)c(F)c(F)c3)n2)cc1. The predicted molar refractivity (Wildman–Crippen MR) is 152 cm³/mol. The number of anilines is 1. The smallest absolute Gasteiger partial charge is 0.261 e. The molecule has 13 heteroatoms. The first-order valence-corrected chi connectivity index (χ1v) is 14.6. The van der Waals surface area contributed by atoms with Crippen molar-refractivity contribution in [2.45, 2.75) is 23.8 Å². The summed E-state index contributed by atoms with van der Waals surface area (Å²) in [5.41, 5.74) is 2.69. The molecular weight excluding hydrogens is 583 g/mol. The van der Waals surface area contributed by atoms with Crippen LogP contribution in [-0.2, 0) is 22.9 Å². The molecule has 0 aliphatic carbocycles. The van der Waals surface area contributed by atoms with Gasteiger partial charge in [-0.15, -0.1) is 0 Å². The van der Waals surface area contributed by atoms with Crippen LogP contribution < -0.4 is 10.0 Å². The Bertz CT molecular complexity index is 1760. The molecule has 0 spiro atoms. The number of nitrogens with one attached hydrogen (secondary N) is 2. The molecular formula is C30H26F3N5O4S. The van der Waals surface area contributed by atoms with Crippen molar-refractivity contribution in [3.05, 3.63) is 125 Å². The van der Waals surface area contributed by atoms with Gasteiger partial charge in [-0.25, -0.2) is 21.6 Å². The highest BCUT2D eigenvalue weighted by Crippen LogP contribution is 2.23. The second-order valence-corrected chi connectivity index (χ2v) is 11.3. The molecule has 0 radical (unpaired) electrons. The van der Waals surface area contributed by atoms with E-state index in [9.17, 15) is 26.7 Å². The van der Waals surface area contributed by atoms with Gasteiger partial charge in [-0.2, -0.15) is 4.98 Å². The van der Waals surface area contributed by atoms with E-state index in [4.69, 9.17) is 4.52 Å². The third kappa shape index (κ3) is 7.63. The molecule has 2 aromatic heterocycles. The lowest BCUT2D eigenvalue weighted by molar-refractivity contribution is 0.174. The van der Waals surface area contributed by atoms with E-state index >= 15 is 0 Å². The molecule has 0 aliphatic heterocycles. The van der Waals surface area contributed by atoms with Crippen molar-refractivity contribution in [3.63, 3.8) is 0 Å². The van der Waals surface area contributed by atoms with Gasteiger partial charge < -0.3 is 14.9 Å². The molecule has 0 unspecified atom stereocenters. The van der Waals surface area contributed by atoms with Gasteiger partial charge in [-0.1, -0.05) is 23.4 Å². The number of pyridine rings is 1. The van der Waals surface area contributed by atoms with Crippen LogP contribution in [0, 0.1) is 17.5 Å². The van der Waals surface area contributed by atoms with E-state index in [2.05, 4.69) is 25.2 Å². The number of hydrogen-bond donors (Lipinski definition) is 3. The van der Waals surface area contributed by atoms with Crippen molar-refractivity contribution in [2.75, 3.05) is 17.8 Å². The number of aliphatic hydroxyl groups is 1. The third-order valence-corrected chi connectivity index (χ3v) is 7.89. The molecule has 3 aromatic carbocycles. The molecule has 0 amide bonds. The summed E-state index contributed by atoms with van der Waals surface area (Å²) < 4.78 is 73.7. The van der Waals surface area contributed by atoms with Crippen LogP contribution in [0.25, 0.3) is 11.4 Å². The maximum absolute atomic E-state index is 13.5. The summed E-state index contributed by atoms with van der Waals surface area (Å²) in [7, 11) is -3.89. The van der Waals surface area contributed by atoms with Gasteiger partial charge in [0.05, 0.1) is 17.4 Å². The Morgan fingerprint density at radius 1 is 0.930 bits per heavy atom. The first-order valence-electron chi connectivity index (χ1n) is 13.1. The van der Waals surface area contributed by atoms with Crippen molar-refractivity contribution in [2.24, 2.45) is 0 Å². The monoisotopic (exact) mass is 609 g/mol. The lowest BCUT2D eigenvalue weighted by Crippen LogP contribution is -2.23. The Labute approximate surface area is 245 Å². The molecule has 43 heavy (non-hydrogen) atoms.